The lowest BCUT2D eigenvalue weighted by atomic mass is 10.2. The number of methoxy groups -OCH3 is 1. The molecule has 0 unspecified atom stereocenters. The summed E-state index contributed by atoms with van der Waals surface area (Å²) < 4.78 is 20.2. The van der Waals surface area contributed by atoms with Crippen LogP contribution < -0.4 is 15.6 Å². The van der Waals surface area contributed by atoms with Gasteiger partial charge in [0.15, 0.2) is 5.82 Å². The van der Waals surface area contributed by atoms with Crippen molar-refractivity contribution in [2.24, 2.45) is 5.92 Å². The Morgan fingerprint density at radius 2 is 2.08 bits per heavy atom. The molecule has 1 aliphatic rings. The second kappa shape index (κ2) is 6.82. The van der Waals surface area contributed by atoms with Crippen molar-refractivity contribution < 1.29 is 9.13 Å². The molecule has 2 heterocycles. The van der Waals surface area contributed by atoms with Gasteiger partial charge in [-0.1, -0.05) is 0 Å². The maximum atomic E-state index is 13.5. The van der Waals surface area contributed by atoms with E-state index in [0.29, 0.717) is 23.0 Å². The van der Waals surface area contributed by atoms with E-state index in [2.05, 4.69) is 15.3 Å². The summed E-state index contributed by atoms with van der Waals surface area (Å²) in [5.74, 6) is 0.974. The van der Waals surface area contributed by atoms with Crippen molar-refractivity contribution in [3.05, 3.63) is 39.6 Å². The highest BCUT2D eigenvalue weighted by Gasteiger charge is 2.33. The number of nitrogens with one attached hydrogen (secondary N) is 1. The van der Waals surface area contributed by atoms with Crippen LogP contribution in [0.5, 0.6) is 5.88 Å². The summed E-state index contributed by atoms with van der Waals surface area (Å²) >= 11 is 0. The van der Waals surface area contributed by atoms with E-state index in [4.69, 9.17) is 4.74 Å². The minimum absolute atomic E-state index is 0.188. The molecular weight excluding hydrogens is 323 g/mol. The van der Waals surface area contributed by atoms with E-state index in [9.17, 15) is 9.18 Å². The lowest BCUT2D eigenvalue weighted by Crippen LogP contribution is -2.30. The van der Waals surface area contributed by atoms with Crippen molar-refractivity contribution in [2.45, 2.75) is 39.7 Å². The summed E-state index contributed by atoms with van der Waals surface area (Å²) in [7, 11) is 1.57. The molecule has 1 atom stereocenters. The number of rotatable bonds is 6. The fourth-order valence-electron chi connectivity index (χ4n) is 3.02. The second-order valence-corrected chi connectivity index (χ2v) is 6.57. The average Bonchev–Trinajstić information content (AvgIpc) is 3.40. The fraction of sp³-hybridized carbons (Fsp3) is 0.500. The third-order valence-corrected chi connectivity index (χ3v) is 4.54. The Bertz CT molecular complexity index is 846. The van der Waals surface area contributed by atoms with Crippen molar-refractivity contribution in [1.82, 2.24) is 14.5 Å². The van der Waals surface area contributed by atoms with Gasteiger partial charge in [-0.25, -0.2) is 14.4 Å². The Balaban J connectivity index is 1.99. The number of hydrogen-bond acceptors (Lipinski definition) is 5. The molecule has 1 saturated carbocycles. The molecule has 0 spiro atoms. The summed E-state index contributed by atoms with van der Waals surface area (Å²) in [5.41, 5.74) is 2.58. The smallest absolute Gasteiger partial charge is 0.294 e. The summed E-state index contributed by atoms with van der Waals surface area (Å²) in [4.78, 5) is 21.5. The first-order valence-electron chi connectivity index (χ1n) is 8.39. The monoisotopic (exact) mass is 346 g/mol. The van der Waals surface area contributed by atoms with E-state index in [-0.39, 0.29) is 17.3 Å². The summed E-state index contributed by atoms with van der Waals surface area (Å²) in [5, 5.41) is 3.07. The van der Waals surface area contributed by atoms with Crippen LogP contribution >= 0.6 is 0 Å². The highest BCUT2D eigenvalue weighted by Crippen LogP contribution is 2.39. The highest BCUT2D eigenvalue weighted by molar-refractivity contribution is 5.60. The summed E-state index contributed by atoms with van der Waals surface area (Å²) in [6.45, 7) is 4.96. The number of halogens is 1. The van der Waals surface area contributed by atoms with Gasteiger partial charge in [0, 0.05) is 11.8 Å². The Hall–Kier alpha value is -2.44. The van der Waals surface area contributed by atoms with Gasteiger partial charge in [-0.05, 0) is 45.6 Å². The number of anilines is 2. The van der Waals surface area contributed by atoms with Crippen LogP contribution in [0.1, 0.15) is 35.8 Å². The summed E-state index contributed by atoms with van der Waals surface area (Å²) in [6.07, 6.45) is 3.57. The molecule has 1 N–H and O–H groups in total. The number of aromatic nitrogens is 3. The zero-order valence-electron chi connectivity index (χ0n) is 15.0. The van der Waals surface area contributed by atoms with Crippen LogP contribution in [0.25, 0.3) is 0 Å². The molecule has 1 aliphatic carbocycles. The number of hydrogen-bond donors (Lipinski definition) is 1. The van der Waals surface area contributed by atoms with Crippen molar-refractivity contribution in [3.63, 3.8) is 0 Å². The maximum absolute atomic E-state index is 13.5. The predicted molar refractivity (Wildman–Crippen MR) is 94.5 cm³/mol. The Morgan fingerprint density at radius 1 is 1.36 bits per heavy atom. The van der Waals surface area contributed by atoms with Crippen LogP contribution in [0, 0.1) is 26.7 Å². The first-order chi connectivity index (χ1) is 11.9. The first-order valence-corrected chi connectivity index (χ1v) is 8.39. The standard InChI is InChI=1S/C18H23FN4O2/c1-10-7-14(12(3)21-17(10)25-4)22-16-18(24)23(9-11(2)20-16)15(8-19)13-5-6-13/h7,9,13,15H,5-6,8H2,1-4H3,(H,20,22)/t15-/m0/s1. The van der Waals surface area contributed by atoms with Gasteiger partial charge in [-0.3, -0.25) is 4.79 Å². The SMILES string of the molecule is COc1nc(C)c(Nc2nc(C)cn([C@@H](CF)C3CC3)c2=O)cc1C. The van der Waals surface area contributed by atoms with Crippen molar-refractivity contribution in [1.29, 1.82) is 0 Å². The highest BCUT2D eigenvalue weighted by atomic mass is 19.1. The number of alkyl halides is 1. The zero-order chi connectivity index (χ0) is 18.1. The van der Waals surface area contributed by atoms with Gasteiger partial charge in [-0.2, -0.15) is 0 Å². The number of nitrogens with zero attached hydrogens (tertiary/aromatic N) is 3. The fourth-order valence-corrected chi connectivity index (χ4v) is 3.02. The molecule has 3 rings (SSSR count). The Labute approximate surface area is 146 Å². The molecule has 2 aromatic heterocycles. The van der Waals surface area contributed by atoms with Crippen LogP contribution in [0.2, 0.25) is 0 Å². The molecule has 6 nitrogen and oxygen atoms in total. The topological polar surface area (TPSA) is 69.0 Å². The minimum atomic E-state index is -0.546. The lowest BCUT2D eigenvalue weighted by molar-refractivity contribution is 0.319. The van der Waals surface area contributed by atoms with Gasteiger partial charge in [0.1, 0.15) is 6.67 Å². The van der Waals surface area contributed by atoms with Crippen molar-refractivity contribution in [2.75, 3.05) is 19.1 Å². The number of aryl methyl sites for hydroxylation is 3. The normalized spacial score (nSPS) is 15.1. The van der Waals surface area contributed by atoms with Gasteiger partial charge in [-0.15, -0.1) is 0 Å². The number of ether oxygens (including phenoxy) is 1. The van der Waals surface area contributed by atoms with Gasteiger partial charge >= 0.3 is 0 Å². The van der Waals surface area contributed by atoms with E-state index < -0.39 is 12.7 Å². The van der Waals surface area contributed by atoms with Gasteiger partial charge in [0.2, 0.25) is 5.88 Å². The van der Waals surface area contributed by atoms with Gasteiger partial charge in [0.05, 0.1) is 30.2 Å². The first kappa shape index (κ1) is 17.4. The molecule has 134 valence electrons. The van der Waals surface area contributed by atoms with E-state index in [0.717, 1.165) is 18.4 Å². The van der Waals surface area contributed by atoms with E-state index >= 15 is 0 Å². The zero-order valence-corrected chi connectivity index (χ0v) is 15.0. The molecular formula is C18H23FN4O2. The molecule has 1 fully saturated rings. The quantitative estimate of drug-likeness (QED) is 0.870. The number of pyridine rings is 1. The van der Waals surface area contributed by atoms with Crippen LogP contribution in [0.3, 0.4) is 0 Å². The van der Waals surface area contributed by atoms with Gasteiger partial charge in [0.25, 0.3) is 5.56 Å². The van der Waals surface area contributed by atoms with Crippen LogP contribution in [-0.2, 0) is 0 Å². The second-order valence-electron chi connectivity index (χ2n) is 6.57. The Kier molecular flexibility index (Phi) is 4.74. The summed E-state index contributed by atoms with van der Waals surface area (Å²) in [6, 6.07) is 1.45. The van der Waals surface area contributed by atoms with Gasteiger partial charge < -0.3 is 14.6 Å². The molecule has 2 aromatic rings. The molecule has 0 amide bonds. The van der Waals surface area contributed by atoms with E-state index in [1.54, 1.807) is 20.2 Å². The van der Waals surface area contributed by atoms with E-state index in [1.165, 1.54) is 4.57 Å². The maximum Gasteiger partial charge on any atom is 0.294 e. The van der Waals surface area contributed by atoms with Crippen molar-refractivity contribution >= 4 is 11.5 Å². The largest absolute Gasteiger partial charge is 0.481 e. The molecule has 7 heteroatoms. The lowest BCUT2D eigenvalue weighted by Gasteiger charge is -2.18. The van der Waals surface area contributed by atoms with Crippen molar-refractivity contribution in [3.8, 4) is 5.88 Å². The van der Waals surface area contributed by atoms with Crippen LogP contribution in [-0.4, -0.2) is 28.3 Å². The molecule has 25 heavy (non-hydrogen) atoms. The third-order valence-electron chi connectivity index (χ3n) is 4.54. The molecule has 0 saturated heterocycles. The Morgan fingerprint density at radius 3 is 2.68 bits per heavy atom. The molecule has 0 aromatic carbocycles. The average molecular weight is 346 g/mol. The predicted octanol–water partition coefficient (Wildman–Crippen LogP) is 3.24. The molecule has 0 radical (unpaired) electrons. The minimum Gasteiger partial charge on any atom is -0.481 e. The van der Waals surface area contributed by atoms with Crippen LogP contribution in [0.15, 0.2) is 17.1 Å². The third kappa shape index (κ3) is 3.50. The van der Waals surface area contributed by atoms with E-state index in [1.807, 2.05) is 19.9 Å². The van der Waals surface area contributed by atoms with Crippen LogP contribution in [0.4, 0.5) is 15.9 Å². The molecule has 0 aliphatic heterocycles. The molecule has 0 bridgehead atoms.